The van der Waals surface area contributed by atoms with Crippen LogP contribution >= 0.6 is 11.6 Å². The Balaban J connectivity index is 1.84. The molecule has 1 aromatic heterocycles. The van der Waals surface area contributed by atoms with Crippen molar-refractivity contribution in [3.05, 3.63) is 70.5 Å². The van der Waals surface area contributed by atoms with Gasteiger partial charge in [-0.05, 0) is 50.2 Å². The van der Waals surface area contributed by atoms with Crippen LogP contribution in [0.3, 0.4) is 0 Å². The highest BCUT2D eigenvalue weighted by molar-refractivity contribution is 6.30. The van der Waals surface area contributed by atoms with Crippen molar-refractivity contribution in [1.82, 2.24) is 15.0 Å². The summed E-state index contributed by atoms with van der Waals surface area (Å²) in [4.78, 5) is 0. The quantitative estimate of drug-likeness (QED) is 0.504. The maximum atomic E-state index is 5.93. The van der Waals surface area contributed by atoms with Crippen molar-refractivity contribution in [2.75, 3.05) is 7.11 Å². The maximum absolute atomic E-state index is 5.93. The number of benzene rings is 2. The summed E-state index contributed by atoms with van der Waals surface area (Å²) in [5, 5.41) is 17.5. The summed E-state index contributed by atoms with van der Waals surface area (Å²) in [6.45, 7) is 3.79. The number of para-hydroxylation sites is 1. The molecule has 0 bridgehead atoms. The van der Waals surface area contributed by atoms with Crippen LogP contribution in [0.15, 0.2) is 58.7 Å². The number of halogens is 1. The van der Waals surface area contributed by atoms with Crippen LogP contribution in [0.25, 0.3) is 5.69 Å². The summed E-state index contributed by atoms with van der Waals surface area (Å²) < 4.78 is 7.04. The van der Waals surface area contributed by atoms with Gasteiger partial charge in [0, 0.05) is 10.6 Å². The molecule has 0 saturated heterocycles. The highest BCUT2D eigenvalue weighted by atomic mass is 35.5. The molecule has 0 saturated carbocycles. The summed E-state index contributed by atoms with van der Waals surface area (Å²) in [5.41, 5.74) is 3.98. The Morgan fingerprint density at radius 3 is 2.62 bits per heavy atom. The molecule has 0 unspecified atom stereocenters. The molecule has 0 N–H and O–H groups in total. The number of methoxy groups -OCH3 is 1. The van der Waals surface area contributed by atoms with E-state index in [4.69, 9.17) is 16.3 Å². The van der Waals surface area contributed by atoms with Gasteiger partial charge in [0.05, 0.1) is 30.4 Å². The van der Waals surface area contributed by atoms with E-state index in [1.54, 1.807) is 18.0 Å². The lowest BCUT2D eigenvalue weighted by atomic mass is 10.2. The third-order valence-electron chi connectivity index (χ3n) is 3.85. The highest BCUT2D eigenvalue weighted by Gasteiger charge is 2.12. The van der Waals surface area contributed by atoms with Crippen LogP contribution < -0.4 is 4.74 Å². The molecular weight excluding hydrogens is 350 g/mol. The lowest BCUT2D eigenvalue weighted by Crippen LogP contribution is -2.01. The van der Waals surface area contributed by atoms with E-state index in [9.17, 15) is 0 Å². The van der Waals surface area contributed by atoms with Crippen molar-refractivity contribution in [3.63, 3.8) is 0 Å². The average molecular weight is 368 g/mol. The van der Waals surface area contributed by atoms with Gasteiger partial charge in [0.2, 0.25) is 0 Å². The molecular formula is C19H18ClN5O. The summed E-state index contributed by atoms with van der Waals surface area (Å²) in [6.07, 6.45) is 1.65. The number of ether oxygens (including phenoxy) is 1. The molecule has 2 aromatic carbocycles. The lowest BCUT2D eigenvalue weighted by Gasteiger charge is -2.03. The van der Waals surface area contributed by atoms with E-state index in [0.29, 0.717) is 16.4 Å². The first-order valence-corrected chi connectivity index (χ1v) is 8.37. The fraction of sp³-hybridized carbons (Fsp3) is 0.158. The Morgan fingerprint density at radius 1 is 1.15 bits per heavy atom. The van der Waals surface area contributed by atoms with Gasteiger partial charge in [0.1, 0.15) is 11.4 Å². The average Bonchev–Trinajstić information content (AvgIpc) is 3.04. The Bertz CT molecular complexity index is 960. The van der Waals surface area contributed by atoms with E-state index in [1.165, 1.54) is 0 Å². The molecule has 7 heteroatoms. The molecule has 132 valence electrons. The molecule has 3 rings (SSSR count). The molecule has 0 amide bonds. The van der Waals surface area contributed by atoms with Crippen LogP contribution in [-0.2, 0) is 0 Å². The zero-order valence-electron chi connectivity index (χ0n) is 14.7. The molecule has 0 atom stereocenters. The van der Waals surface area contributed by atoms with E-state index >= 15 is 0 Å². The van der Waals surface area contributed by atoms with E-state index in [1.807, 2.05) is 62.4 Å². The Labute approximate surface area is 156 Å². The molecule has 26 heavy (non-hydrogen) atoms. The first-order chi connectivity index (χ1) is 12.6. The second-order valence-corrected chi connectivity index (χ2v) is 6.02. The predicted octanol–water partition coefficient (Wildman–Crippen LogP) is 4.08. The van der Waals surface area contributed by atoms with Gasteiger partial charge in [-0.2, -0.15) is 10.2 Å². The molecule has 0 aliphatic rings. The van der Waals surface area contributed by atoms with Gasteiger partial charge in [0.25, 0.3) is 0 Å². The van der Waals surface area contributed by atoms with Crippen LogP contribution in [-0.4, -0.2) is 34.0 Å². The molecule has 1 heterocycles. The van der Waals surface area contributed by atoms with Crippen molar-refractivity contribution >= 4 is 23.5 Å². The fourth-order valence-electron chi connectivity index (χ4n) is 2.49. The van der Waals surface area contributed by atoms with Crippen LogP contribution in [0.1, 0.15) is 23.9 Å². The Kier molecular flexibility index (Phi) is 5.43. The van der Waals surface area contributed by atoms with Crippen molar-refractivity contribution in [2.45, 2.75) is 13.8 Å². The summed E-state index contributed by atoms with van der Waals surface area (Å²) in [5.74, 6) is 0.744. The van der Waals surface area contributed by atoms with E-state index < -0.39 is 0 Å². The van der Waals surface area contributed by atoms with Gasteiger partial charge in [-0.15, -0.1) is 5.10 Å². The van der Waals surface area contributed by atoms with Crippen LogP contribution in [0.5, 0.6) is 5.75 Å². The normalized spacial score (nSPS) is 11.9. The molecule has 0 aliphatic heterocycles. The van der Waals surface area contributed by atoms with Gasteiger partial charge < -0.3 is 4.74 Å². The minimum Gasteiger partial charge on any atom is -0.496 e. The van der Waals surface area contributed by atoms with Crippen LogP contribution in [0, 0.1) is 6.92 Å². The molecule has 0 aliphatic carbocycles. The number of rotatable bonds is 5. The Morgan fingerprint density at radius 2 is 1.88 bits per heavy atom. The smallest absolute Gasteiger partial charge is 0.132 e. The van der Waals surface area contributed by atoms with Gasteiger partial charge in [-0.3, -0.25) is 0 Å². The molecule has 3 aromatic rings. The van der Waals surface area contributed by atoms with Crippen molar-refractivity contribution < 1.29 is 4.74 Å². The molecule has 0 radical (unpaired) electrons. The van der Waals surface area contributed by atoms with E-state index in [2.05, 4.69) is 20.5 Å². The van der Waals surface area contributed by atoms with Gasteiger partial charge in [0.15, 0.2) is 0 Å². The molecule has 6 nitrogen and oxygen atoms in total. The topological polar surface area (TPSA) is 64.7 Å². The third kappa shape index (κ3) is 3.81. The van der Waals surface area contributed by atoms with E-state index in [-0.39, 0.29) is 0 Å². The largest absolute Gasteiger partial charge is 0.496 e. The summed E-state index contributed by atoms with van der Waals surface area (Å²) in [6, 6.07) is 15.0. The van der Waals surface area contributed by atoms with Crippen LogP contribution in [0.2, 0.25) is 5.02 Å². The monoisotopic (exact) mass is 367 g/mol. The standard InChI is InChI=1S/C19H18ClN5O/c1-13(22-21-12-15-6-4-5-7-18(15)26-3)19-14(2)25(24-23-19)17-10-8-16(20)9-11-17/h4-12H,1-3H3/b21-12+,22-13+. The van der Waals surface area contributed by atoms with Gasteiger partial charge >= 0.3 is 0 Å². The second-order valence-electron chi connectivity index (χ2n) is 5.58. The van der Waals surface area contributed by atoms with Crippen LogP contribution in [0.4, 0.5) is 0 Å². The van der Waals surface area contributed by atoms with Crippen molar-refractivity contribution in [2.24, 2.45) is 10.2 Å². The zero-order valence-corrected chi connectivity index (χ0v) is 15.5. The number of nitrogens with zero attached hydrogens (tertiary/aromatic N) is 5. The SMILES string of the molecule is COc1ccccc1/C=N/N=C(\C)c1nnn(-c2ccc(Cl)cc2)c1C. The first kappa shape index (κ1) is 17.8. The third-order valence-corrected chi connectivity index (χ3v) is 4.10. The highest BCUT2D eigenvalue weighted by Crippen LogP contribution is 2.17. The fourth-order valence-corrected chi connectivity index (χ4v) is 2.62. The number of hydrogen-bond donors (Lipinski definition) is 0. The van der Waals surface area contributed by atoms with E-state index in [0.717, 1.165) is 22.7 Å². The summed E-state index contributed by atoms with van der Waals surface area (Å²) in [7, 11) is 1.62. The van der Waals surface area contributed by atoms with Gasteiger partial charge in [-0.1, -0.05) is 28.9 Å². The van der Waals surface area contributed by atoms with Crippen molar-refractivity contribution in [1.29, 1.82) is 0 Å². The lowest BCUT2D eigenvalue weighted by molar-refractivity contribution is 0.414. The van der Waals surface area contributed by atoms with Gasteiger partial charge in [-0.25, -0.2) is 4.68 Å². The zero-order chi connectivity index (χ0) is 18.5. The maximum Gasteiger partial charge on any atom is 0.132 e. The predicted molar refractivity (Wildman–Crippen MR) is 104 cm³/mol. The number of aromatic nitrogens is 3. The minimum absolute atomic E-state index is 0.675. The minimum atomic E-state index is 0.675. The molecule has 0 spiro atoms. The first-order valence-electron chi connectivity index (χ1n) is 7.99. The summed E-state index contributed by atoms with van der Waals surface area (Å²) >= 11 is 5.93. The number of hydrogen-bond acceptors (Lipinski definition) is 5. The van der Waals surface area contributed by atoms with Crippen molar-refractivity contribution in [3.8, 4) is 11.4 Å². The second kappa shape index (κ2) is 7.93. The Hall–Kier alpha value is -2.99. The molecule has 0 fully saturated rings.